The molecule has 8 aromatic carbocycles. The average Bonchev–Trinajstić information content (AvgIpc) is 4.19. The Balaban J connectivity index is 1.02. The first-order valence-electron chi connectivity index (χ1n) is 27.1. The van der Waals surface area contributed by atoms with Crippen LogP contribution >= 0.6 is 0 Å². The van der Waals surface area contributed by atoms with E-state index < -0.39 is 24.5 Å². The van der Waals surface area contributed by atoms with Crippen molar-refractivity contribution in [2.45, 2.75) is 46.4 Å². The summed E-state index contributed by atoms with van der Waals surface area (Å²) in [6.07, 6.45) is -1.75. The van der Waals surface area contributed by atoms with Crippen LogP contribution in [0.3, 0.4) is 0 Å². The number of imidazole rings is 1. The summed E-state index contributed by atoms with van der Waals surface area (Å²) in [4.78, 5) is 9.83. The zero-order chi connectivity index (χ0) is 53.8. The predicted octanol–water partition coefficient (Wildman–Crippen LogP) is 15.2. The van der Waals surface area contributed by atoms with E-state index in [0.717, 1.165) is 70.9 Å². The third-order valence-electron chi connectivity index (χ3n) is 13.2. The third kappa shape index (κ3) is 7.55. The number of nitrogens with zero attached hydrogens (tertiary/aromatic N) is 5. The zero-order valence-electron chi connectivity index (χ0n) is 46.4. The molecule has 2 aliphatic rings. The first kappa shape index (κ1) is 36.5. The number of benzene rings is 8. The van der Waals surface area contributed by atoms with Crippen LogP contribution in [0.25, 0.3) is 55.8 Å². The Labute approximate surface area is 431 Å². The Morgan fingerprint density at radius 1 is 0.614 bits per heavy atom. The maximum atomic E-state index is 9.45. The maximum absolute atomic E-state index is 9.45. The molecule has 344 valence electrons. The molecule has 10 aromatic rings. The Hall–Kier alpha value is -7.47. The molecule has 0 spiro atoms. The van der Waals surface area contributed by atoms with Crippen molar-refractivity contribution in [3.63, 3.8) is 0 Å². The fourth-order valence-electron chi connectivity index (χ4n) is 10.1. The molecule has 0 N–H and O–H groups in total. The van der Waals surface area contributed by atoms with Gasteiger partial charge in [0.25, 0.3) is 0 Å². The minimum atomic E-state index is -1.75. The number of ether oxygens (including phenoxy) is 1. The Kier molecular flexibility index (Phi) is 9.12. The normalized spacial score (nSPS) is 14.5. The Morgan fingerprint density at radius 2 is 1.23 bits per heavy atom. The van der Waals surface area contributed by atoms with Gasteiger partial charge in [-0.1, -0.05) is 54.6 Å². The van der Waals surface area contributed by atoms with E-state index in [-0.39, 0.29) is 41.8 Å². The van der Waals surface area contributed by atoms with Crippen molar-refractivity contribution in [2.24, 2.45) is 5.92 Å². The molecule has 0 atom stereocenters. The second kappa shape index (κ2) is 17.5. The summed E-state index contributed by atoms with van der Waals surface area (Å²) in [5.41, 5.74) is 13.3. The van der Waals surface area contributed by atoms with E-state index in [1.165, 1.54) is 0 Å². The number of pyridine rings is 1. The van der Waals surface area contributed by atoms with E-state index in [2.05, 4.69) is 144 Å². The minimum absolute atomic E-state index is 0.0903. The van der Waals surface area contributed by atoms with Crippen molar-refractivity contribution in [3.05, 3.63) is 221 Å². The van der Waals surface area contributed by atoms with Crippen LogP contribution in [0.15, 0.2) is 206 Å². The summed E-state index contributed by atoms with van der Waals surface area (Å²) < 4.78 is 75.1. The Morgan fingerprint density at radius 3 is 1.96 bits per heavy atom. The first-order valence-corrected chi connectivity index (χ1v) is 24.7. The van der Waals surface area contributed by atoms with E-state index in [0.29, 0.717) is 28.4 Å². The van der Waals surface area contributed by atoms with Gasteiger partial charge in [0.15, 0.2) is 0 Å². The molecule has 6 nitrogen and oxygen atoms in total. The summed E-state index contributed by atoms with van der Waals surface area (Å²) in [7, 11) is 0. The van der Waals surface area contributed by atoms with Gasteiger partial charge in [-0.05, 0) is 17.7 Å². The predicted molar refractivity (Wildman–Crippen MR) is 286 cm³/mol. The van der Waals surface area contributed by atoms with Crippen molar-refractivity contribution < 1.29 is 33.7 Å². The van der Waals surface area contributed by atoms with Crippen molar-refractivity contribution in [1.29, 1.82) is 0 Å². The number of rotatable bonds is 9. The van der Waals surface area contributed by atoms with Gasteiger partial charge >= 0.3 is 350 Å². The van der Waals surface area contributed by atoms with Gasteiger partial charge in [-0.2, -0.15) is 0 Å². The number of hydrogen-bond donors (Lipinski definition) is 0. The molecule has 0 unspecified atom stereocenters. The number of para-hydroxylation sites is 6. The van der Waals surface area contributed by atoms with Crippen LogP contribution in [0.1, 0.15) is 55.3 Å². The van der Waals surface area contributed by atoms with Gasteiger partial charge in [-0.15, -0.1) is 0 Å². The molecule has 12 rings (SSSR count). The molecule has 2 aromatic heterocycles. The number of aromatic nitrogens is 3. The number of fused-ring (bicyclic) bond motifs is 9. The van der Waals surface area contributed by atoms with Gasteiger partial charge in [0.2, 0.25) is 0 Å². The summed E-state index contributed by atoms with van der Waals surface area (Å²) in [5, 5.41) is 0. The van der Waals surface area contributed by atoms with E-state index >= 15 is 0 Å². The zero-order valence-corrected chi connectivity index (χ0v) is 41.6. The molecule has 0 fully saturated rings. The van der Waals surface area contributed by atoms with Crippen LogP contribution in [0, 0.1) is 9.72 Å². The number of hydrogen-bond acceptors (Lipinski definition) is 4. The summed E-state index contributed by atoms with van der Waals surface area (Å²) >= 11 is 2.32. The molecule has 0 bridgehead atoms. The van der Waals surface area contributed by atoms with Crippen molar-refractivity contribution in [2.75, 3.05) is 9.62 Å². The second-order valence-electron chi connectivity index (χ2n) is 19.1. The molecule has 0 aliphatic carbocycles. The van der Waals surface area contributed by atoms with Crippen LogP contribution in [0.5, 0.6) is 11.6 Å². The summed E-state index contributed by atoms with van der Waals surface area (Å²) in [6.45, 7) is 9.96. The third-order valence-corrected chi connectivity index (χ3v) is 14.2. The van der Waals surface area contributed by atoms with E-state index in [9.17, 15) is 5.48 Å². The van der Waals surface area contributed by atoms with Gasteiger partial charge < -0.3 is 0 Å². The van der Waals surface area contributed by atoms with Gasteiger partial charge in [0, 0.05) is 11.3 Å². The van der Waals surface area contributed by atoms with Gasteiger partial charge in [0.05, 0.1) is 0 Å². The van der Waals surface area contributed by atoms with E-state index in [1.54, 1.807) is 6.07 Å². The standard InChI is InChI=1S/C62H52BN5O.Pt/c1-42(2)37-43-38-59(68-58-32-16-15-31-57(58)67-54-28-12-10-24-52(54)51-23-9-11-27-53(51)63(67)68)64-60(39-43)69-48-22-17-21-47(40-48)65-41-66(56-30-14-13-29-55(56)65)61-49(44-19-7-6-8-20-44)25-18-26-50(61)45-33-35-46(36-34-45)62(3,4)5;/h6-36,38-40,42H,37H2,1-5H3;/i6D,7D,8D,19D,20D,37D2;. The van der Waals surface area contributed by atoms with E-state index in [4.69, 9.17) is 13.8 Å². The van der Waals surface area contributed by atoms with Crippen LogP contribution in [-0.2, 0) is 31.1 Å². The van der Waals surface area contributed by atoms with Crippen LogP contribution in [0.4, 0.5) is 22.9 Å². The SMILES string of the molecule is [2H]c1c([2H])c([2H])c(-c2cccc(-c3ccc(C(C)(C)C)cc3)c2-n2[c](=[Pt])n(-c3cccc(Oc4cc(C([2H])([2H])C(C)C)cc(N5B6c7ccccc7-c7ccccc7N6c6ccccc65)n4)c3)c3ccccc32)c([2H])c1[2H]. The van der Waals surface area contributed by atoms with Crippen molar-refractivity contribution in [1.82, 2.24) is 14.1 Å². The summed E-state index contributed by atoms with van der Waals surface area (Å²) in [6, 6.07) is 56.9. The fraction of sp³-hybridized carbons (Fsp3) is 0.129. The van der Waals surface area contributed by atoms with Gasteiger partial charge in [-0.25, -0.2) is 0 Å². The fourth-order valence-corrected chi connectivity index (χ4v) is 11.2. The van der Waals surface area contributed by atoms with Crippen LogP contribution in [0.2, 0.25) is 0 Å². The molecule has 0 saturated carbocycles. The van der Waals surface area contributed by atoms with Crippen molar-refractivity contribution >= 4 is 46.4 Å². The average molecular weight is 1100 g/mol. The second-order valence-corrected chi connectivity index (χ2v) is 20.1. The Bertz CT molecular complexity index is 4070. The monoisotopic (exact) mass is 1100 g/mol. The topological polar surface area (TPSA) is 38.5 Å². The van der Waals surface area contributed by atoms with Crippen LogP contribution in [-0.4, -0.2) is 21.1 Å². The summed E-state index contributed by atoms with van der Waals surface area (Å²) in [5.74, 6) is 0.879. The molecular formula is C62H52BN5OPt. The molecule has 2 aliphatic heterocycles. The molecule has 0 radical (unpaired) electrons. The molecule has 0 saturated heterocycles. The van der Waals surface area contributed by atoms with E-state index in [1.807, 2.05) is 98.8 Å². The van der Waals surface area contributed by atoms with Crippen LogP contribution < -0.4 is 19.8 Å². The van der Waals surface area contributed by atoms with Crippen molar-refractivity contribution in [3.8, 4) is 56.4 Å². The number of anilines is 4. The van der Waals surface area contributed by atoms with Gasteiger partial charge in [0.1, 0.15) is 0 Å². The molecule has 70 heavy (non-hydrogen) atoms. The first-order chi connectivity index (χ1) is 36.9. The quantitative estimate of drug-likeness (QED) is 0.135. The molecule has 0 amide bonds. The van der Waals surface area contributed by atoms with Gasteiger partial charge in [-0.3, -0.25) is 0 Å². The molecule has 8 heteroatoms. The molecule has 4 heterocycles. The molecular weight excluding hydrogens is 1040 g/mol.